The van der Waals surface area contributed by atoms with E-state index in [9.17, 15) is 43.6 Å². The average molecular weight is 1220 g/mol. The molecule has 0 radical (unpaired) electrons. The number of carboxylic acid groups (broad SMARTS) is 1. The highest BCUT2D eigenvalue weighted by atomic mass is 35.5. The van der Waals surface area contributed by atoms with Crippen molar-refractivity contribution in [2.45, 2.75) is 86.8 Å². The molecule has 0 amide bonds. The number of halogens is 1. The molecular weight excluding hydrogens is 1160 g/mol. The number of alkyl halides is 1. The van der Waals surface area contributed by atoms with E-state index in [0.29, 0.717) is 34.7 Å². The Morgan fingerprint density at radius 2 is 1.05 bits per heavy atom. The number of benzene rings is 2. The lowest BCUT2D eigenvalue weighted by Crippen LogP contribution is -2.38. The second kappa shape index (κ2) is 36.4. The van der Waals surface area contributed by atoms with Crippen molar-refractivity contribution in [3.8, 4) is 12.1 Å². The molecule has 5 N–H and O–H groups in total. The Hall–Kier alpha value is -11.3. The molecule has 0 aliphatic rings. The molecule has 0 aliphatic heterocycles. The highest BCUT2D eigenvalue weighted by Crippen LogP contribution is 2.21. The van der Waals surface area contributed by atoms with Gasteiger partial charge in [-0.3, -0.25) is 33.7 Å². The van der Waals surface area contributed by atoms with Gasteiger partial charge < -0.3 is 19.9 Å². The van der Waals surface area contributed by atoms with E-state index in [4.69, 9.17) is 31.8 Å². The van der Waals surface area contributed by atoms with Gasteiger partial charge in [-0.25, -0.2) is 19.2 Å². The van der Waals surface area contributed by atoms with Gasteiger partial charge in [-0.15, -0.1) is 11.6 Å². The van der Waals surface area contributed by atoms with Crippen molar-refractivity contribution >= 4 is 35.1 Å². The number of aliphatic hydroxyl groups excluding tert-OH is 1. The van der Waals surface area contributed by atoms with Crippen LogP contribution in [0.5, 0.6) is 0 Å². The minimum Gasteiger partial charge on any atom is -0.478 e. The first-order chi connectivity index (χ1) is 41.7. The molecule has 0 fully saturated rings. The van der Waals surface area contributed by atoms with Crippen LogP contribution < -0.4 is 22.5 Å². The van der Waals surface area contributed by atoms with Gasteiger partial charge in [-0.05, 0) is 127 Å². The number of H-pyrrole nitrogens is 3. The highest BCUT2D eigenvalue weighted by Gasteiger charge is 2.26. The molecule has 0 bridgehead atoms. The number of hydrogen-bond donors (Lipinski definition) is 5. The molecule has 454 valence electrons. The Labute approximate surface area is 507 Å². The number of aromatic amines is 3. The van der Waals surface area contributed by atoms with Crippen LogP contribution >= 0.6 is 11.6 Å². The van der Waals surface area contributed by atoms with Crippen LogP contribution in [-0.4, -0.2) is 111 Å². The Kier molecular flexibility index (Phi) is 29.4. The van der Waals surface area contributed by atoms with Crippen LogP contribution in [0, 0.1) is 36.5 Å². The molecular formula is C60H61ClN16O11. The number of nitriles is 2. The van der Waals surface area contributed by atoms with Crippen LogP contribution in [0.4, 0.5) is 0 Å². The number of ketones is 2. The van der Waals surface area contributed by atoms with Gasteiger partial charge in [0.2, 0.25) is 11.6 Å². The molecule has 9 rings (SSSR count). The predicted molar refractivity (Wildman–Crippen MR) is 320 cm³/mol. The van der Waals surface area contributed by atoms with Gasteiger partial charge in [0.15, 0.2) is 0 Å². The van der Waals surface area contributed by atoms with Crippen LogP contribution in [0.15, 0.2) is 148 Å². The van der Waals surface area contributed by atoms with Gasteiger partial charge in [0.1, 0.15) is 5.69 Å². The highest BCUT2D eigenvalue weighted by molar-refractivity contribution is 6.17. The van der Waals surface area contributed by atoms with Crippen molar-refractivity contribution in [3.05, 3.63) is 254 Å². The van der Waals surface area contributed by atoms with Gasteiger partial charge in [0.25, 0.3) is 11.1 Å². The van der Waals surface area contributed by atoms with Crippen LogP contribution in [0.3, 0.4) is 0 Å². The van der Waals surface area contributed by atoms with E-state index < -0.39 is 40.0 Å². The molecule has 0 saturated heterocycles. The van der Waals surface area contributed by atoms with E-state index in [0.717, 1.165) is 22.3 Å². The van der Waals surface area contributed by atoms with E-state index in [1.807, 2.05) is 18.2 Å². The Morgan fingerprint density at radius 3 is 1.43 bits per heavy atom. The SMILES string of the molecule is C.CCOC(=O)c1ccnnc1.Cc1cc(C#N)cc(C(=O)c2[nH]c(=O)[nH]c(=O)c2C(C)C)c1.Cc1cc(C#N)cc(C(=O)c2c(C(C)C)c(=O)[nH]c(=O)n2Cc2ccnnc2)c1.ClCc1ccnnc1.O=C(O)c1ccnnc1.OCc1ccnnc1. The Bertz CT molecular complexity index is 4040. The molecule has 0 unspecified atom stereocenters. The number of ether oxygens (including phenoxy) is 1. The van der Waals surface area contributed by atoms with Crippen molar-refractivity contribution in [2.75, 3.05) is 6.61 Å². The molecule has 0 atom stereocenters. The number of nitrogens with one attached hydrogen (secondary N) is 3. The Balaban J connectivity index is 0.000000299. The summed E-state index contributed by atoms with van der Waals surface area (Å²) in [5, 5.41) is 70.7. The summed E-state index contributed by atoms with van der Waals surface area (Å²) in [6, 6.07) is 21.6. The lowest BCUT2D eigenvalue weighted by Gasteiger charge is -2.17. The van der Waals surface area contributed by atoms with Crippen molar-refractivity contribution < 1.29 is 34.1 Å². The third-order valence-corrected chi connectivity index (χ3v) is 11.6. The van der Waals surface area contributed by atoms with Gasteiger partial charge in [0.05, 0.1) is 103 Å². The van der Waals surface area contributed by atoms with Gasteiger partial charge >= 0.3 is 23.3 Å². The fraction of sp³-hybridized carbons (Fsp3) is 0.233. The fourth-order valence-corrected chi connectivity index (χ4v) is 7.59. The largest absolute Gasteiger partial charge is 0.478 e. The van der Waals surface area contributed by atoms with E-state index >= 15 is 0 Å². The van der Waals surface area contributed by atoms with E-state index in [1.54, 1.807) is 110 Å². The lowest BCUT2D eigenvalue weighted by atomic mass is 9.95. The standard InChI is InChI=1S/C21H19N5O3.C16H15N3O3.C7H8N2O2.C5H5ClN2.C5H4N2O2.C5H6N2O.CH4/c1-12(2)17-18(19(27)16-7-13(3)6-15(8-16)9-22)26(21(29)25-20(17)28)11-14-4-5-23-24-10-14;1-8(2)12-13(18-16(22)19-15(12)21)14(20)11-5-9(3)4-10(6-11)7-17;1-2-11-7(10)6-3-4-8-9-5-6;6-3-5-1-2-7-8-4-5;8-5(9)4-1-2-6-7-3-4;8-4-5-1-2-6-7-3-5;/h4-8,10,12H,11H2,1-3H3,(H,25,28,29);4-6,8H,1-3H3,(H2,18,19,21,22);3-5H,2H2,1H3;1-2,4H,3H2;1-3H,(H,8,9);1-3,8H,4H2;1H4. The monoisotopic (exact) mass is 1220 g/mol. The van der Waals surface area contributed by atoms with E-state index in [2.05, 4.69) is 65.9 Å². The first kappa shape index (κ1) is 71.0. The third-order valence-electron chi connectivity index (χ3n) is 11.3. The summed E-state index contributed by atoms with van der Waals surface area (Å²) in [5.41, 5.74) is 3.55. The zero-order chi connectivity index (χ0) is 64.0. The molecule has 2 aromatic carbocycles. The number of aromatic carboxylic acids is 1. The van der Waals surface area contributed by atoms with Crippen molar-refractivity contribution in [3.63, 3.8) is 0 Å². The summed E-state index contributed by atoms with van der Waals surface area (Å²) in [7, 11) is 0. The molecule has 0 aliphatic carbocycles. The molecule has 0 saturated carbocycles. The second-order valence-electron chi connectivity index (χ2n) is 18.5. The maximum atomic E-state index is 13.5. The summed E-state index contributed by atoms with van der Waals surface area (Å²) in [6.07, 6.45) is 14.7. The predicted octanol–water partition coefficient (Wildman–Crippen LogP) is 6.16. The average Bonchev–Trinajstić information content (AvgIpc) is 1.47. The van der Waals surface area contributed by atoms with E-state index in [-0.39, 0.29) is 77.6 Å². The summed E-state index contributed by atoms with van der Waals surface area (Å²) in [4.78, 5) is 103. The summed E-state index contributed by atoms with van der Waals surface area (Å²) < 4.78 is 5.96. The number of carbonyl (C=O) groups is 4. The van der Waals surface area contributed by atoms with Crippen molar-refractivity contribution in [1.29, 1.82) is 10.5 Å². The molecule has 27 nitrogen and oxygen atoms in total. The van der Waals surface area contributed by atoms with Crippen molar-refractivity contribution in [2.24, 2.45) is 0 Å². The molecule has 9 aromatic rings. The van der Waals surface area contributed by atoms with Crippen LogP contribution in [0.25, 0.3) is 0 Å². The summed E-state index contributed by atoms with van der Waals surface area (Å²) in [6.45, 7) is 12.8. The van der Waals surface area contributed by atoms with Crippen LogP contribution in [0.2, 0.25) is 0 Å². The topological polar surface area (TPSA) is 415 Å². The normalized spacial score (nSPS) is 9.88. The van der Waals surface area contributed by atoms with Crippen LogP contribution in [-0.2, 0) is 23.8 Å². The number of rotatable bonds is 13. The van der Waals surface area contributed by atoms with E-state index in [1.165, 1.54) is 66.1 Å². The number of esters is 1. The fourth-order valence-electron chi connectivity index (χ4n) is 7.43. The second-order valence-corrected chi connectivity index (χ2v) is 18.8. The van der Waals surface area contributed by atoms with Gasteiger partial charge in [0, 0.05) is 46.7 Å². The molecule has 7 aromatic heterocycles. The molecule has 0 spiro atoms. The smallest absolute Gasteiger partial charge is 0.339 e. The number of hydrogen-bond acceptors (Lipinski definition) is 22. The quantitative estimate of drug-likeness (QED) is 0.0490. The first-order valence-electron chi connectivity index (χ1n) is 25.9. The molecule has 7 heterocycles. The number of carbonyl (C=O) groups excluding carboxylic acids is 3. The number of nitrogens with zero attached hydrogens (tertiary/aromatic N) is 13. The van der Waals surface area contributed by atoms with Crippen molar-refractivity contribution in [1.82, 2.24) is 70.5 Å². The van der Waals surface area contributed by atoms with Gasteiger partial charge in [-0.1, -0.05) is 35.1 Å². The third kappa shape index (κ3) is 22.0. The van der Waals surface area contributed by atoms with Gasteiger partial charge in [-0.2, -0.15) is 61.5 Å². The minimum atomic E-state index is -0.982. The number of aromatic nitrogens is 14. The zero-order valence-electron chi connectivity index (χ0n) is 47.9. The Morgan fingerprint density at radius 1 is 0.591 bits per heavy atom. The van der Waals surface area contributed by atoms with Crippen LogP contribution in [0.1, 0.15) is 157 Å². The number of carboxylic acids is 1. The number of aliphatic hydroxyl groups is 1. The maximum Gasteiger partial charge on any atom is 0.339 e. The summed E-state index contributed by atoms with van der Waals surface area (Å²) in [5.74, 6) is -2.34. The molecule has 28 heteroatoms. The first-order valence-corrected chi connectivity index (χ1v) is 26.4. The lowest BCUT2D eigenvalue weighted by molar-refractivity contribution is 0.0524. The zero-order valence-corrected chi connectivity index (χ0v) is 48.6. The minimum absolute atomic E-state index is 0. The number of aryl methyl sites for hydroxylation is 2. The molecule has 88 heavy (non-hydrogen) atoms. The maximum absolute atomic E-state index is 13.5. The summed E-state index contributed by atoms with van der Waals surface area (Å²) >= 11 is 5.46.